The molecule has 0 aliphatic heterocycles. The third kappa shape index (κ3) is 3.05. The molecule has 6 heteroatoms. The standard InChI is InChI=1S/C15H24N4O2/c1-10(6-7-18(2)3)19-12-9-14(21-5)13(20-4)8-11(12)17-15(19)16/h8-10H,6-7H2,1-5H3,(H2,16,17). The Hall–Kier alpha value is -1.95. The molecule has 6 nitrogen and oxygen atoms in total. The van der Waals surface area contributed by atoms with Gasteiger partial charge in [-0.1, -0.05) is 0 Å². The van der Waals surface area contributed by atoms with Gasteiger partial charge in [0.05, 0.1) is 25.3 Å². The lowest BCUT2D eigenvalue weighted by molar-refractivity contribution is 0.354. The van der Waals surface area contributed by atoms with Crippen LogP contribution in [0.1, 0.15) is 19.4 Å². The number of nitrogens with two attached hydrogens (primary N) is 1. The van der Waals surface area contributed by atoms with Gasteiger partial charge in [-0.05, 0) is 34.0 Å². The summed E-state index contributed by atoms with van der Waals surface area (Å²) in [6, 6.07) is 4.05. The molecule has 1 aromatic heterocycles. The van der Waals surface area contributed by atoms with E-state index in [9.17, 15) is 0 Å². The number of benzene rings is 1. The van der Waals surface area contributed by atoms with Crippen LogP contribution in [0.15, 0.2) is 12.1 Å². The molecular weight excluding hydrogens is 268 g/mol. The first-order chi connectivity index (χ1) is 9.97. The van der Waals surface area contributed by atoms with Crippen LogP contribution in [0.2, 0.25) is 0 Å². The topological polar surface area (TPSA) is 65.5 Å². The van der Waals surface area contributed by atoms with Gasteiger partial charge in [-0.3, -0.25) is 0 Å². The second-order valence-electron chi connectivity index (χ2n) is 5.48. The van der Waals surface area contributed by atoms with Gasteiger partial charge in [0.2, 0.25) is 5.95 Å². The third-order valence-electron chi connectivity index (χ3n) is 3.66. The molecule has 0 amide bonds. The van der Waals surface area contributed by atoms with Crippen molar-refractivity contribution in [1.82, 2.24) is 14.5 Å². The number of anilines is 1. The first-order valence-corrected chi connectivity index (χ1v) is 7.02. The van der Waals surface area contributed by atoms with Crippen LogP contribution in [0.3, 0.4) is 0 Å². The second-order valence-corrected chi connectivity index (χ2v) is 5.48. The normalized spacial score (nSPS) is 12.9. The Morgan fingerprint density at radius 2 is 1.86 bits per heavy atom. The molecule has 1 aromatic carbocycles. The SMILES string of the molecule is COc1cc2nc(N)n(C(C)CCN(C)C)c2cc1OC. The maximum atomic E-state index is 6.10. The summed E-state index contributed by atoms with van der Waals surface area (Å²) >= 11 is 0. The van der Waals surface area contributed by atoms with E-state index in [0.29, 0.717) is 17.4 Å². The summed E-state index contributed by atoms with van der Waals surface area (Å²) in [5.41, 5.74) is 7.89. The summed E-state index contributed by atoms with van der Waals surface area (Å²) in [6.45, 7) is 3.14. The van der Waals surface area contributed by atoms with E-state index in [2.05, 4.69) is 35.5 Å². The van der Waals surface area contributed by atoms with Crippen LogP contribution in [0.4, 0.5) is 5.95 Å². The number of rotatable bonds is 6. The van der Waals surface area contributed by atoms with Crippen LogP contribution in [0.5, 0.6) is 11.5 Å². The fraction of sp³-hybridized carbons (Fsp3) is 0.533. The summed E-state index contributed by atoms with van der Waals surface area (Å²) in [7, 11) is 7.37. The van der Waals surface area contributed by atoms with Crippen molar-refractivity contribution in [1.29, 1.82) is 0 Å². The number of fused-ring (bicyclic) bond motifs is 1. The number of methoxy groups -OCH3 is 2. The third-order valence-corrected chi connectivity index (χ3v) is 3.66. The fourth-order valence-electron chi connectivity index (χ4n) is 2.48. The van der Waals surface area contributed by atoms with Crippen molar-refractivity contribution in [3.63, 3.8) is 0 Å². The molecule has 0 spiro atoms. The van der Waals surface area contributed by atoms with Crippen molar-refractivity contribution < 1.29 is 9.47 Å². The number of nitrogens with zero attached hydrogens (tertiary/aromatic N) is 3. The number of nitrogen functional groups attached to an aromatic ring is 1. The van der Waals surface area contributed by atoms with Gasteiger partial charge in [-0.25, -0.2) is 4.98 Å². The minimum Gasteiger partial charge on any atom is -0.493 e. The molecule has 2 rings (SSSR count). The summed E-state index contributed by atoms with van der Waals surface area (Å²) in [5, 5.41) is 0. The van der Waals surface area contributed by atoms with E-state index in [1.54, 1.807) is 14.2 Å². The van der Waals surface area contributed by atoms with Crippen LogP contribution < -0.4 is 15.2 Å². The molecule has 0 fully saturated rings. The Morgan fingerprint density at radius 1 is 1.24 bits per heavy atom. The predicted octanol–water partition coefficient (Wildman–Crippen LogP) is 2.15. The molecule has 116 valence electrons. The Kier molecular flexibility index (Phi) is 4.57. The number of hydrogen-bond acceptors (Lipinski definition) is 5. The van der Waals surface area contributed by atoms with Crippen molar-refractivity contribution in [2.45, 2.75) is 19.4 Å². The quantitative estimate of drug-likeness (QED) is 0.883. The highest BCUT2D eigenvalue weighted by Crippen LogP contribution is 2.34. The second kappa shape index (κ2) is 6.22. The summed E-state index contributed by atoms with van der Waals surface area (Å²) in [4.78, 5) is 6.60. The molecule has 0 saturated heterocycles. The largest absolute Gasteiger partial charge is 0.493 e. The minimum atomic E-state index is 0.260. The zero-order valence-corrected chi connectivity index (χ0v) is 13.4. The summed E-state index contributed by atoms with van der Waals surface area (Å²) in [5.74, 6) is 1.87. The Balaban J connectivity index is 2.45. The maximum absolute atomic E-state index is 6.10. The van der Waals surface area contributed by atoms with Gasteiger partial charge in [0, 0.05) is 18.2 Å². The predicted molar refractivity (Wildman–Crippen MR) is 85.1 cm³/mol. The maximum Gasteiger partial charge on any atom is 0.201 e. The molecule has 0 saturated carbocycles. The summed E-state index contributed by atoms with van der Waals surface area (Å²) < 4.78 is 12.7. The van der Waals surface area contributed by atoms with Gasteiger partial charge in [-0.15, -0.1) is 0 Å². The van der Waals surface area contributed by atoms with Crippen LogP contribution >= 0.6 is 0 Å². The lowest BCUT2D eigenvalue weighted by atomic mass is 10.2. The zero-order chi connectivity index (χ0) is 15.6. The highest BCUT2D eigenvalue weighted by molar-refractivity contribution is 5.82. The van der Waals surface area contributed by atoms with E-state index in [-0.39, 0.29) is 6.04 Å². The Morgan fingerprint density at radius 3 is 2.43 bits per heavy atom. The first-order valence-electron chi connectivity index (χ1n) is 7.02. The lowest BCUT2D eigenvalue weighted by Crippen LogP contribution is -2.18. The average Bonchev–Trinajstić information content (AvgIpc) is 2.77. The minimum absolute atomic E-state index is 0.260. The van der Waals surface area contributed by atoms with Crippen molar-refractivity contribution in [3.05, 3.63) is 12.1 Å². The van der Waals surface area contributed by atoms with Gasteiger partial charge in [0.15, 0.2) is 11.5 Å². The molecule has 1 atom stereocenters. The number of imidazole rings is 1. The monoisotopic (exact) mass is 292 g/mol. The lowest BCUT2D eigenvalue weighted by Gasteiger charge is -2.19. The first kappa shape index (κ1) is 15.4. The van der Waals surface area contributed by atoms with Crippen LogP contribution in [0, 0.1) is 0 Å². The van der Waals surface area contributed by atoms with Crippen molar-refractivity contribution in [2.75, 3.05) is 40.6 Å². The highest BCUT2D eigenvalue weighted by Gasteiger charge is 2.17. The van der Waals surface area contributed by atoms with Crippen LogP contribution in [-0.2, 0) is 0 Å². The van der Waals surface area contributed by atoms with E-state index in [1.807, 2.05) is 12.1 Å². The van der Waals surface area contributed by atoms with Crippen LogP contribution in [-0.4, -0.2) is 49.3 Å². The number of hydrogen-bond donors (Lipinski definition) is 1. The van der Waals surface area contributed by atoms with E-state index in [4.69, 9.17) is 15.2 Å². The molecular formula is C15H24N4O2. The van der Waals surface area contributed by atoms with Crippen molar-refractivity contribution in [3.8, 4) is 11.5 Å². The smallest absolute Gasteiger partial charge is 0.201 e. The molecule has 0 aliphatic rings. The average molecular weight is 292 g/mol. The highest BCUT2D eigenvalue weighted by atomic mass is 16.5. The van der Waals surface area contributed by atoms with E-state index in [1.165, 1.54) is 0 Å². The van der Waals surface area contributed by atoms with E-state index >= 15 is 0 Å². The van der Waals surface area contributed by atoms with Gasteiger partial charge >= 0.3 is 0 Å². The van der Waals surface area contributed by atoms with E-state index < -0.39 is 0 Å². The van der Waals surface area contributed by atoms with Gasteiger partial charge in [-0.2, -0.15) is 0 Å². The van der Waals surface area contributed by atoms with Gasteiger partial charge in [0.25, 0.3) is 0 Å². The van der Waals surface area contributed by atoms with Gasteiger partial charge in [0.1, 0.15) is 0 Å². The number of aromatic nitrogens is 2. The Labute approximate surface area is 125 Å². The zero-order valence-electron chi connectivity index (χ0n) is 13.4. The fourth-order valence-corrected chi connectivity index (χ4v) is 2.48. The Bertz CT molecular complexity index is 622. The molecule has 2 N–H and O–H groups in total. The molecule has 2 aromatic rings. The molecule has 21 heavy (non-hydrogen) atoms. The van der Waals surface area contributed by atoms with Crippen molar-refractivity contribution in [2.24, 2.45) is 0 Å². The van der Waals surface area contributed by atoms with E-state index in [0.717, 1.165) is 24.0 Å². The molecule has 0 aliphatic carbocycles. The van der Waals surface area contributed by atoms with Gasteiger partial charge < -0.3 is 24.7 Å². The number of ether oxygens (including phenoxy) is 2. The molecule has 1 unspecified atom stereocenters. The van der Waals surface area contributed by atoms with Crippen LogP contribution in [0.25, 0.3) is 11.0 Å². The van der Waals surface area contributed by atoms with Crippen molar-refractivity contribution >= 4 is 17.0 Å². The molecule has 0 radical (unpaired) electrons. The molecule has 1 heterocycles. The summed E-state index contributed by atoms with van der Waals surface area (Å²) in [6.07, 6.45) is 0.997. The molecule has 0 bridgehead atoms.